The van der Waals surface area contributed by atoms with E-state index >= 15 is 0 Å². The SMILES string of the molecule is CC/C=C(C)/C=C/[Si](C)(C)C. The van der Waals surface area contributed by atoms with E-state index in [1.807, 2.05) is 0 Å². The van der Waals surface area contributed by atoms with Crippen LogP contribution < -0.4 is 0 Å². The second-order valence-electron chi connectivity index (χ2n) is 4.06. The Morgan fingerprint density at radius 2 is 1.82 bits per heavy atom. The van der Waals surface area contributed by atoms with Gasteiger partial charge >= 0.3 is 0 Å². The van der Waals surface area contributed by atoms with E-state index in [4.69, 9.17) is 0 Å². The van der Waals surface area contributed by atoms with Crippen LogP contribution in [-0.4, -0.2) is 8.07 Å². The van der Waals surface area contributed by atoms with Crippen LogP contribution in [0.1, 0.15) is 20.3 Å². The minimum absolute atomic E-state index is 0.970. The zero-order valence-corrected chi connectivity index (χ0v) is 9.44. The maximum absolute atomic E-state index is 2.38. The molecule has 0 heterocycles. The highest BCUT2D eigenvalue weighted by molar-refractivity contribution is 6.81. The molecule has 0 aliphatic heterocycles. The Bertz CT molecular complexity index is 158. The summed E-state index contributed by atoms with van der Waals surface area (Å²) in [5.41, 5.74) is 3.78. The predicted molar refractivity (Wildman–Crippen MR) is 56.5 cm³/mol. The molecule has 0 fully saturated rings. The van der Waals surface area contributed by atoms with Gasteiger partial charge in [-0.1, -0.05) is 50.0 Å². The van der Waals surface area contributed by atoms with Crippen LogP contribution in [0.4, 0.5) is 0 Å². The topological polar surface area (TPSA) is 0 Å². The van der Waals surface area contributed by atoms with E-state index in [1.54, 1.807) is 0 Å². The van der Waals surface area contributed by atoms with Gasteiger partial charge in [-0.25, -0.2) is 0 Å². The molecule has 0 saturated heterocycles. The van der Waals surface area contributed by atoms with Gasteiger partial charge in [-0.15, -0.1) is 0 Å². The van der Waals surface area contributed by atoms with Crippen molar-refractivity contribution in [3.63, 3.8) is 0 Å². The van der Waals surface area contributed by atoms with Gasteiger partial charge in [-0.3, -0.25) is 0 Å². The third-order valence-electron chi connectivity index (χ3n) is 1.37. The van der Waals surface area contributed by atoms with Gasteiger partial charge in [0.25, 0.3) is 0 Å². The van der Waals surface area contributed by atoms with E-state index in [1.165, 1.54) is 5.57 Å². The molecular weight excluding hydrogens is 148 g/mol. The van der Waals surface area contributed by atoms with Crippen molar-refractivity contribution >= 4 is 8.07 Å². The Morgan fingerprint density at radius 1 is 1.27 bits per heavy atom. The average Bonchev–Trinajstić information content (AvgIpc) is 1.83. The third-order valence-corrected chi connectivity index (χ3v) is 2.54. The van der Waals surface area contributed by atoms with Crippen molar-refractivity contribution in [3.05, 3.63) is 23.4 Å². The molecule has 11 heavy (non-hydrogen) atoms. The molecule has 0 aromatic rings. The molecule has 0 aromatic heterocycles. The lowest BCUT2D eigenvalue weighted by Gasteiger charge is -2.07. The van der Waals surface area contributed by atoms with Crippen LogP contribution in [0, 0.1) is 0 Å². The van der Waals surface area contributed by atoms with Crippen LogP contribution >= 0.6 is 0 Å². The lowest BCUT2D eigenvalue weighted by atomic mass is 10.2. The molecule has 0 amide bonds. The Balaban J connectivity index is 4.03. The standard InChI is InChI=1S/C10H20Si/c1-6-7-10(2)8-9-11(3,4)5/h7-9H,6H2,1-5H3/b9-8+,10-7+. The summed E-state index contributed by atoms with van der Waals surface area (Å²) in [5.74, 6) is 0. The molecule has 0 aromatic carbocycles. The van der Waals surface area contributed by atoms with Crippen LogP contribution in [0.5, 0.6) is 0 Å². The number of hydrogen-bond acceptors (Lipinski definition) is 0. The van der Waals surface area contributed by atoms with Gasteiger partial charge in [-0.2, -0.15) is 0 Å². The highest BCUT2D eigenvalue weighted by atomic mass is 28.3. The maximum Gasteiger partial charge on any atom is 0.0687 e. The molecule has 0 rings (SSSR count). The highest BCUT2D eigenvalue weighted by Crippen LogP contribution is 2.05. The van der Waals surface area contributed by atoms with Crippen molar-refractivity contribution in [3.8, 4) is 0 Å². The normalized spacial score (nSPS) is 14.5. The summed E-state index contributed by atoms with van der Waals surface area (Å²) < 4.78 is 0. The molecule has 0 spiro atoms. The number of allylic oxidation sites excluding steroid dienone is 3. The first-order valence-corrected chi connectivity index (χ1v) is 7.89. The zero-order chi connectivity index (χ0) is 8.91. The van der Waals surface area contributed by atoms with Gasteiger partial charge < -0.3 is 0 Å². The molecular formula is C10H20Si. The van der Waals surface area contributed by atoms with E-state index in [0.717, 1.165) is 6.42 Å². The molecule has 0 bridgehead atoms. The summed E-state index contributed by atoms with van der Waals surface area (Å²) in [4.78, 5) is 0. The molecule has 0 radical (unpaired) electrons. The Hall–Kier alpha value is -0.303. The first-order chi connectivity index (χ1) is 4.95. The molecule has 64 valence electrons. The van der Waals surface area contributed by atoms with Crippen molar-refractivity contribution in [1.29, 1.82) is 0 Å². The van der Waals surface area contributed by atoms with Crippen LogP contribution in [-0.2, 0) is 0 Å². The molecule has 0 aliphatic rings. The fourth-order valence-corrected chi connectivity index (χ4v) is 1.53. The first kappa shape index (κ1) is 10.7. The van der Waals surface area contributed by atoms with E-state index in [2.05, 4.69) is 51.3 Å². The monoisotopic (exact) mass is 168 g/mol. The fraction of sp³-hybridized carbons (Fsp3) is 0.600. The molecule has 0 nitrogen and oxygen atoms in total. The van der Waals surface area contributed by atoms with Crippen LogP contribution in [0.2, 0.25) is 19.6 Å². The second-order valence-corrected chi connectivity index (χ2v) is 9.12. The van der Waals surface area contributed by atoms with Crippen molar-refractivity contribution in [1.82, 2.24) is 0 Å². The molecule has 0 atom stereocenters. The van der Waals surface area contributed by atoms with Crippen LogP contribution in [0.15, 0.2) is 23.4 Å². The second kappa shape index (κ2) is 4.55. The van der Waals surface area contributed by atoms with E-state index in [-0.39, 0.29) is 0 Å². The van der Waals surface area contributed by atoms with Crippen molar-refractivity contribution < 1.29 is 0 Å². The molecule has 0 saturated carbocycles. The minimum Gasteiger partial charge on any atom is -0.0948 e. The average molecular weight is 168 g/mol. The number of rotatable bonds is 3. The first-order valence-electron chi connectivity index (χ1n) is 4.31. The summed E-state index contributed by atoms with van der Waals surface area (Å²) in [5, 5.41) is 0. The molecule has 1 heteroatoms. The van der Waals surface area contributed by atoms with Gasteiger partial charge in [0, 0.05) is 0 Å². The highest BCUT2D eigenvalue weighted by Gasteiger charge is 2.05. The minimum atomic E-state index is -0.970. The zero-order valence-electron chi connectivity index (χ0n) is 8.44. The van der Waals surface area contributed by atoms with Gasteiger partial charge in [0.05, 0.1) is 8.07 Å². The van der Waals surface area contributed by atoms with Gasteiger partial charge in [0.1, 0.15) is 0 Å². The largest absolute Gasteiger partial charge is 0.0948 e. The van der Waals surface area contributed by atoms with E-state index in [9.17, 15) is 0 Å². The van der Waals surface area contributed by atoms with Crippen molar-refractivity contribution in [2.24, 2.45) is 0 Å². The Labute approximate surface area is 72.0 Å². The summed E-state index contributed by atoms with van der Waals surface area (Å²) in [6.07, 6.45) is 5.66. The van der Waals surface area contributed by atoms with Gasteiger partial charge in [0.2, 0.25) is 0 Å². The Kier molecular flexibility index (Phi) is 4.42. The van der Waals surface area contributed by atoms with Crippen LogP contribution in [0.25, 0.3) is 0 Å². The lowest BCUT2D eigenvalue weighted by molar-refractivity contribution is 1.20. The summed E-state index contributed by atoms with van der Waals surface area (Å²) in [6, 6.07) is 0. The fourth-order valence-electron chi connectivity index (χ4n) is 0.771. The molecule has 0 N–H and O–H groups in total. The lowest BCUT2D eigenvalue weighted by Crippen LogP contribution is -2.15. The van der Waals surface area contributed by atoms with Crippen molar-refractivity contribution in [2.45, 2.75) is 39.9 Å². The predicted octanol–water partition coefficient (Wildman–Crippen LogP) is 3.78. The maximum atomic E-state index is 2.38. The van der Waals surface area contributed by atoms with Crippen molar-refractivity contribution in [2.75, 3.05) is 0 Å². The van der Waals surface area contributed by atoms with Gasteiger partial charge in [-0.05, 0) is 13.3 Å². The molecule has 0 aliphatic carbocycles. The summed E-state index contributed by atoms with van der Waals surface area (Å²) >= 11 is 0. The molecule has 0 unspecified atom stereocenters. The van der Waals surface area contributed by atoms with Gasteiger partial charge in [0.15, 0.2) is 0 Å². The Morgan fingerprint density at radius 3 is 2.18 bits per heavy atom. The van der Waals surface area contributed by atoms with Crippen LogP contribution in [0.3, 0.4) is 0 Å². The summed E-state index contributed by atoms with van der Waals surface area (Å²) in [7, 11) is -0.970. The smallest absolute Gasteiger partial charge is 0.0687 e. The number of hydrogen-bond donors (Lipinski definition) is 0. The third kappa shape index (κ3) is 7.60. The van der Waals surface area contributed by atoms with E-state index < -0.39 is 8.07 Å². The quantitative estimate of drug-likeness (QED) is 0.444. The van der Waals surface area contributed by atoms with E-state index in [0.29, 0.717) is 0 Å². The summed E-state index contributed by atoms with van der Waals surface area (Å²) in [6.45, 7) is 11.4.